The van der Waals surface area contributed by atoms with Crippen LogP contribution in [0.4, 0.5) is 5.69 Å². The van der Waals surface area contributed by atoms with Gasteiger partial charge in [-0.2, -0.15) is 0 Å². The number of thiocarbonyl (C=S) groups is 1. The van der Waals surface area contributed by atoms with Crippen LogP contribution in [-0.4, -0.2) is 24.2 Å². The number of ether oxygens (including phenoxy) is 1. The highest BCUT2D eigenvalue weighted by atomic mass is 32.1. The summed E-state index contributed by atoms with van der Waals surface area (Å²) in [6.45, 7) is 9.16. The smallest absolute Gasteiger partial charge is 0.338 e. The molecular weight excluding hydrogens is 272 g/mol. The predicted molar refractivity (Wildman–Crippen MR) is 86.2 cm³/mol. The maximum absolute atomic E-state index is 11.6. The lowest BCUT2D eigenvalue weighted by atomic mass is 10.1. The molecule has 0 bridgehead atoms. The summed E-state index contributed by atoms with van der Waals surface area (Å²) in [7, 11) is 0. The quantitative estimate of drug-likeness (QED) is 0.645. The van der Waals surface area contributed by atoms with Crippen molar-refractivity contribution in [3.63, 3.8) is 0 Å². The molecule has 0 aliphatic carbocycles. The highest BCUT2D eigenvalue weighted by Crippen LogP contribution is 2.17. The molecule has 20 heavy (non-hydrogen) atoms. The van der Waals surface area contributed by atoms with Crippen LogP contribution in [0.15, 0.2) is 18.2 Å². The zero-order chi connectivity index (χ0) is 15.1. The Morgan fingerprint density at radius 2 is 2.10 bits per heavy atom. The lowest BCUT2D eigenvalue weighted by Crippen LogP contribution is -2.31. The van der Waals surface area contributed by atoms with Gasteiger partial charge in [0.15, 0.2) is 5.11 Å². The van der Waals surface area contributed by atoms with E-state index >= 15 is 0 Å². The van der Waals surface area contributed by atoms with Gasteiger partial charge in [0.25, 0.3) is 0 Å². The van der Waals surface area contributed by atoms with Gasteiger partial charge in [0.1, 0.15) is 0 Å². The second-order valence-electron chi connectivity index (χ2n) is 4.98. The van der Waals surface area contributed by atoms with Crippen LogP contribution in [0.2, 0.25) is 0 Å². The highest BCUT2D eigenvalue weighted by molar-refractivity contribution is 7.80. The zero-order valence-electron chi connectivity index (χ0n) is 12.4. The van der Waals surface area contributed by atoms with Gasteiger partial charge < -0.3 is 15.4 Å². The van der Waals surface area contributed by atoms with E-state index in [9.17, 15) is 4.79 Å². The predicted octanol–water partition coefficient (Wildman–Crippen LogP) is 3.11. The molecule has 1 aromatic carbocycles. The number of rotatable bonds is 5. The molecule has 0 aliphatic heterocycles. The Balaban J connectivity index is 2.68. The van der Waals surface area contributed by atoms with Crippen molar-refractivity contribution in [2.75, 3.05) is 18.5 Å². The van der Waals surface area contributed by atoms with E-state index in [0.29, 0.717) is 23.2 Å². The summed E-state index contributed by atoms with van der Waals surface area (Å²) >= 11 is 5.23. The molecule has 0 atom stereocenters. The molecular formula is C15H22N2O2S. The Kier molecular flexibility index (Phi) is 6.45. The fourth-order valence-electron chi connectivity index (χ4n) is 1.61. The normalized spacial score (nSPS) is 10.2. The zero-order valence-corrected chi connectivity index (χ0v) is 13.3. The minimum Gasteiger partial charge on any atom is -0.462 e. The van der Waals surface area contributed by atoms with Crippen LogP contribution in [0, 0.1) is 12.8 Å². The summed E-state index contributed by atoms with van der Waals surface area (Å²) in [6.07, 6.45) is 0. The van der Waals surface area contributed by atoms with Gasteiger partial charge in [-0.05, 0) is 55.7 Å². The van der Waals surface area contributed by atoms with Crippen LogP contribution < -0.4 is 10.6 Å². The van der Waals surface area contributed by atoms with E-state index in [0.717, 1.165) is 17.8 Å². The summed E-state index contributed by atoms with van der Waals surface area (Å²) in [5.41, 5.74) is 2.39. The van der Waals surface area contributed by atoms with Crippen molar-refractivity contribution >= 4 is 29.0 Å². The van der Waals surface area contributed by atoms with Gasteiger partial charge in [-0.1, -0.05) is 13.8 Å². The summed E-state index contributed by atoms with van der Waals surface area (Å²) in [4.78, 5) is 11.6. The molecule has 1 rings (SSSR count). The number of esters is 1. The lowest BCUT2D eigenvalue weighted by molar-refractivity contribution is 0.0526. The molecule has 0 aromatic heterocycles. The molecule has 5 heteroatoms. The molecule has 0 saturated heterocycles. The van der Waals surface area contributed by atoms with Gasteiger partial charge in [0.05, 0.1) is 12.2 Å². The SMILES string of the molecule is CCOC(=O)c1ccc(NC(=S)NCC(C)C)c(C)c1. The third-order valence-electron chi connectivity index (χ3n) is 2.66. The first-order valence-electron chi connectivity index (χ1n) is 6.76. The van der Waals surface area contributed by atoms with Gasteiger partial charge >= 0.3 is 5.97 Å². The van der Waals surface area contributed by atoms with Crippen molar-refractivity contribution in [2.45, 2.75) is 27.7 Å². The molecule has 0 heterocycles. The van der Waals surface area contributed by atoms with Crippen molar-refractivity contribution in [1.29, 1.82) is 0 Å². The summed E-state index contributed by atoms with van der Waals surface area (Å²) < 4.78 is 4.97. The number of aryl methyl sites for hydroxylation is 1. The number of carbonyl (C=O) groups excluding carboxylic acids is 1. The molecule has 1 aromatic rings. The molecule has 2 N–H and O–H groups in total. The molecule has 110 valence electrons. The first kappa shape index (κ1) is 16.4. The fraction of sp³-hybridized carbons (Fsp3) is 0.467. The van der Waals surface area contributed by atoms with Crippen molar-refractivity contribution in [3.05, 3.63) is 29.3 Å². The molecule has 0 radical (unpaired) electrons. The molecule has 0 unspecified atom stereocenters. The van der Waals surface area contributed by atoms with E-state index in [1.807, 2.05) is 13.0 Å². The average Bonchev–Trinajstić information content (AvgIpc) is 2.39. The Hall–Kier alpha value is -1.62. The van der Waals surface area contributed by atoms with Crippen LogP contribution in [-0.2, 0) is 4.74 Å². The topological polar surface area (TPSA) is 50.4 Å². The van der Waals surface area contributed by atoms with E-state index < -0.39 is 0 Å². The monoisotopic (exact) mass is 294 g/mol. The van der Waals surface area contributed by atoms with Crippen LogP contribution in [0.25, 0.3) is 0 Å². The molecule has 4 nitrogen and oxygen atoms in total. The number of hydrogen-bond acceptors (Lipinski definition) is 3. The average molecular weight is 294 g/mol. The highest BCUT2D eigenvalue weighted by Gasteiger charge is 2.09. The molecule has 0 fully saturated rings. The van der Waals surface area contributed by atoms with Crippen LogP contribution in [0.5, 0.6) is 0 Å². The van der Waals surface area contributed by atoms with Crippen LogP contribution in [0.1, 0.15) is 36.7 Å². The van der Waals surface area contributed by atoms with Crippen molar-refractivity contribution < 1.29 is 9.53 Å². The van der Waals surface area contributed by atoms with Crippen LogP contribution >= 0.6 is 12.2 Å². The Labute approximate surface area is 125 Å². The maximum atomic E-state index is 11.6. The second kappa shape index (κ2) is 7.85. The Bertz CT molecular complexity index is 487. The molecule has 0 aliphatic rings. The third-order valence-corrected chi connectivity index (χ3v) is 2.90. The minimum absolute atomic E-state index is 0.303. The fourth-order valence-corrected chi connectivity index (χ4v) is 1.80. The number of anilines is 1. The van der Waals surface area contributed by atoms with Gasteiger partial charge in [0, 0.05) is 12.2 Å². The first-order chi connectivity index (χ1) is 9.43. The van der Waals surface area contributed by atoms with E-state index in [1.165, 1.54) is 0 Å². The van der Waals surface area contributed by atoms with Crippen molar-refractivity contribution in [1.82, 2.24) is 5.32 Å². The van der Waals surface area contributed by atoms with Gasteiger partial charge in [-0.25, -0.2) is 4.79 Å². The number of benzene rings is 1. The summed E-state index contributed by atoms with van der Waals surface area (Å²) in [5, 5.41) is 6.86. The van der Waals surface area contributed by atoms with E-state index in [4.69, 9.17) is 17.0 Å². The Morgan fingerprint density at radius 1 is 1.40 bits per heavy atom. The number of hydrogen-bond donors (Lipinski definition) is 2. The standard InChI is InChI=1S/C15H22N2O2S/c1-5-19-14(18)12-6-7-13(11(4)8-12)17-15(20)16-9-10(2)3/h6-8,10H,5,9H2,1-4H3,(H2,16,17,20). The molecule has 0 saturated carbocycles. The van der Waals surface area contributed by atoms with Gasteiger partial charge in [-0.3, -0.25) is 0 Å². The minimum atomic E-state index is -0.303. The summed E-state index contributed by atoms with van der Waals surface area (Å²) in [6, 6.07) is 5.37. The summed E-state index contributed by atoms with van der Waals surface area (Å²) in [5.74, 6) is 0.227. The first-order valence-corrected chi connectivity index (χ1v) is 7.17. The van der Waals surface area contributed by atoms with Crippen molar-refractivity contribution in [2.24, 2.45) is 5.92 Å². The maximum Gasteiger partial charge on any atom is 0.338 e. The third kappa shape index (κ3) is 5.17. The number of nitrogens with one attached hydrogen (secondary N) is 2. The van der Waals surface area contributed by atoms with E-state index in [1.54, 1.807) is 19.1 Å². The second-order valence-corrected chi connectivity index (χ2v) is 5.39. The van der Waals surface area contributed by atoms with E-state index in [2.05, 4.69) is 24.5 Å². The van der Waals surface area contributed by atoms with Gasteiger partial charge in [0.2, 0.25) is 0 Å². The van der Waals surface area contributed by atoms with Gasteiger partial charge in [-0.15, -0.1) is 0 Å². The van der Waals surface area contributed by atoms with Crippen LogP contribution in [0.3, 0.4) is 0 Å². The molecule has 0 amide bonds. The van der Waals surface area contributed by atoms with Crippen molar-refractivity contribution in [3.8, 4) is 0 Å². The number of carbonyl (C=O) groups is 1. The largest absolute Gasteiger partial charge is 0.462 e. The van der Waals surface area contributed by atoms with E-state index in [-0.39, 0.29) is 5.97 Å². The lowest BCUT2D eigenvalue weighted by Gasteiger charge is -2.14. The Morgan fingerprint density at radius 3 is 2.65 bits per heavy atom. The molecule has 0 spiro atoms.